The Morgan fingerprint density at radius 2 is 2.40 bits per heavy atom. The van der Waals surface area contributed by atoms with Gasteiger partial charge in [-0.05, 0) is 12.3 Å². The van der Waals surface area contributed by atoms with Gasteiger partial charge in [0.05, 0.1) is 0 Å². The van der Waals surface area contributed by atoms with E-state index in [-0.39, 0.29) is 11.9 Å². The van der Waals surface area contributed by atoms with Crippen LogP contribution < -0.4 is 0 Å². The highest BCUT2D eigenvalue weighted by molar-refractivity contribution is 5.94. The summed E-state index contributed by atoms with van der Waals surface area (Å²) in [4.78, 5) is 22.1. The van der Waals surface area contributed by atoms with Gasteiger partial charge in [-0.3, -0.25) is 4.79 Å². The third kappa shape index (κ3) is 0.558. The molecule has 1 saturated carbocycles. The lowest BCUT2D eigenvalue weighted by molar-refractivity contribution is -0.127. The lowest BCUT2D eigenvalue weighted by Crippen LogP contribution is -2.33. The maximum Gasteiger partial charge on any atom is 0.414 e. The van der Waals surface area contributed by atoms with Gasteiger partial charge in [-0.1, -0.05) is 0 Å². The first-order valence-corrected chi connectivity index (χ1v) is 3.25. The SMILES string of the molecule is O=C(O)N1C(=O)CC2CC21. The molecule has 1 aliphatic heterocycles. The standard InChI is InChI=1S/C6H7NO3/c8-5-2-3-1-4(3)7(5)6(9)10/h3-4H,1-2H2,(H,9,10). The number of fused-ring (bicyclic) bond motifs is 1. The van der Waals surface area contributed by atoms with Crippen LogP contribution in [0.3, 0.4) is 0 Å². The van der Waals surface area contributed by atoms with Gasteiger partial charge >= 0.3 is 6.09 Å². The number of nitrogens with zero attached hydrogens (tertiary/aromatic N) is 1. The summed E-state index contributed by atoms with van der Waals surface area (Å²) >= 11 is 0. The average Bonchev–Trinajstić information content (AvgIpc) is 2.42. The molecule has 0 aromatic rings. The molecule has 0 bridgehead atoms. The van der Waals surface area contributed by atoms with Gasteiger partial charge in [0.1, 0.15) is 0 Å². The predicted molar refractivity (Wildman–Crippen MR) is 31.4 cm³/mol. The number of likely N-dealkylation sites (tertiary alicyclic amines) is 1. The number of hydrogen-bond acceptors (Lipinski definition) is 2. The summed E-state index contributed by atoms with van der Waals surface area (Å²) in [5, 5.41) is 8.49. The fourth-order valence-corrected chi connectivity index (χ4v) is 1.52. The number of carboxylic acid groups (broad SMARTS) is 1. The number of imide groups is 1. The topological polar surface area (TPSA) is 57.6 Å². The fourth-order valence-electron chi connectivity index (χ4n) is 1.52. The Hall–Kier alpha value is -1.06. The maximum absolute atomic E-state index is 10.8. The van der Waals surface area contributed by atoms with Crippen LogP contribution in [0.1, 0.15) is 12.8 Å². The minimum absolute atomic E-state index is 0.0324. The molecule has 10 heavy (non-hydrogen) atoms. The van der Waals surface area contributed by atoms with Crippen molar-refractivity contribution in [3.05, 3.63) is 0 Å². The van der Waals surface area contributed by atoms with Crippen LogP contribution in [0.4, 0.5) is 4.79 Å². The Morgan fingerprint density at radius 3 is 2.70 bits per heavy atom. The Kier molecular flexibility index (Phi) is 0.859. The van der Waals surface area contributed by atoms with E-state index in [0.29, 0.717) is 12.3 Å². The summed E-state index contributed by atoms with van der Waals surface area (Å²) < 4.78 is 0. The number of carbonyl (C=O) groups excluding carboxylic acids is 1. The van der Waals surface area contributed by atoms with E-state index < -0.39 is 6.09 Å². The minimum atomic E-state index is -1.09. The van der Waals surface area contributed by atoms with Crippen molar-refractivity contribution in [3.63, 3.8) is 0 Å². The van der Waals surface area contributed by atoms with Crippen LogP contribution in [0.2, 0.25) is 0 Å². The van der Waals surface area contributed by atoms with Gasteiger partial charge in [0.15, 0.2) is 0 Å². The summed E-state index contributed by atoms with van der Waals surface area (Å²) in [6, 6.07) is 0.0324. The Balaban J connectivity index is 2.19. The Morgan fingerprint density at radius 1 is 1.70 bits per heavy atom. The number of amides is 2. The summed E-state index contributed by atoms with van der Waals surface area (Å²) in [5.41, 5.74) is 0. The zero-order chi connectivity index (χ0) is 7.30. The molecule has 2 unspecified atom stereocenters. The third-order valence-electron chi connectivity index (χ3n) is 2.13. The second-order valence-electron chi connectivity index (χ2n) is 2.81. The molecule has 0 radical (unpaired) electrons. The molecule has 1 saturated heterocycles. The number of carbonyl (C=O) groups is 2. The molecular formula is C6H7NO3. The van der Waals surface area contributed by atoms with Gasteiger partial charge in [0, 0.05) is 12.5 Å². The van der Waals surface area contributed by atoms with Crippen molar-refractivity contribution >= 4 is 12.0 Å². The first-order valence-electron chi connectivity index (χ1n) is 3.25. The first-order chi connectivity index (χ1) is 4.70. The maximum atomic E-state index is 10.8. The quantitative estimate of drug-likeness (QED) is 0.527. The fraction of sp³-hybridized carbons (Fsp3) is 0.667. The molecule has 1 aliphatic carbocycles. The average molecular weight is 141 g/mol. The highest BCUT2D eigenvalue weighted by Crippen LogP contribution is 2.44. The molecule has 2 aliphatic rings. The van der Waals surface area contributed by atoms with Gasteiger partial charge in [-0.25, -0.2) is 9.69 Å². The van der Waals surface area contributed by atoms with E-state index in [9.17, 15) is 9.59 Å². The summed E-state index contributed by atoms with van der Waals surface area (Å²) in [5.74, 6) is 0.123. The predicted octanol–water partition coefficient (Wildman–Crippen LogP) is 0.285. The molecule has 2 rings (SSSR count). The van der Waals surface area contributed by atoms with Gasteiger partial charge in [0.2, 0.25) is 5.91 Å². The first kappa shape index (κ1) is 5.70. The molecule has 1 heterocycles. The van der Waals surface area contributed by atoms with E-state index in [1.807, 2.05) is 0 Å². The second kappa shape index (κ2) is 1.51. The largest absolute Gasteiger partial charge is 0.465 e. The van der Waals surface area contributed by atoms with Crippen LogP contribution in [-0.2, 0) is 4.79 Å². The second-order valence-corrected chi connectivity index (χ2v) is 2.81. The van der Waals surface area contributed by atoms with Crippen molar-refractivity contribution in [2.24, 2.45) is 5.92 Å². The molecular weight excluding hydrogens is 134 g/mol. The van der Waals surface area contributed by atoms with Crippen molar-refractivity contribution < 1.29 is 14.7 Å². The van der Waals surface area contributed by atoms with Crippen LogP contribution in [-0.4, -0.2) is 28.0 Å². The zero-order valence-electron chi connectivity index (χ0n) is 5.28. The molecule has 54 valence electrons. The molecule has 4 nitrogen and oxygen atoms in total. The van der Waals surface area contributed by atoms with E-state index in [0.717, 1.165) is 11.3 Å². The van der Waals surface area contributed by atoms with Crippen molar-refractivity contribution in [2.45, 2.75) is 18.9 Å². The Labute approximate surface area is 57.4 Å². The smallest absolute Gasteiger partial charge is 0.414 e. The van der Waals surface area contributed by atoms with E-state index in [2.05, 4.69) is 0 Å². The summed E-state index contributed by atoms with van der Waals surface area (Å²) in [7, 11) is 0. The van der Waals surface area contributed by atoms with Crippen LogP contribution in [0.5, 0.6) is 0 Å². The molecule has 2 atom stereocenters. The third-order valence-corrected chi connectivity index (χ3v) is 2.13. The summed E-state index contributed by atoms with van der Waals surface area (Å²) in [6.07, 6.45) is 0.240. The van der Waals surface area contributed by atoms with Crippen molar-refractivity contribution in [1.82, 2.24) is 4.90 Å². The molecule has 2 fully saturated rings. The van der Waals surface area contributed by atoms with E-state index >= 15 is 0 Å². The van der Waals surface area contributed by atoms with Crippen molar-refractivity contribution in [1.29, 1.82) is 0 Å². The van der Waals surface area contributed by atoms with E-state index in [1.165, 1.54) is 0 Å². The molecule has 0 aromatic carbocycles. The van der Waals surface area contributed by atoms with Gasteiger partial charge < -0.3 is 5.11 Å². The number of hydrogen-bond donors (Lipinski definition) is 1. The van der Waals surface area contributed by atoms with Gasteiger partial charge in [-0.2, -0.15) is 0 Å². The molecule has 0 aromatic heterocycles. The molecule has 4 heteroatoms. The Bertz CT molecular complexity index is 213. The highest BCUT2D eigenvalue weighted by atomic mass is 16.4. The van der Waals surface area contributed by atoms with Crippen LogP contribution in [0.25, 0.3) is 0 Å². The van der Waals surface area contributed by atoms with E-state index in [1.54, 1.807) is 0 Å². The van der Waals surface area contributed by atoms with Crippen molar-refractivity contribution in [2.75, 3.05) is 0 Å². The van der Waals surface area contributed by atoms with Crippen molar-refractivity contribution in [3.8, 4) is 0 Å². The summed E-state index contributed by atoms with van der Waals surface area (Å²) in [6.45, 7) is 0. The lowest BCUT2D eigenvalue weighted by atomic mass is 10.3. The van der Waals surface area contributed by atoms with Crippen LogP contribution >= 0.6 is 0 Å². The number of piperidine rings is 1. The normalized spacial score (nSPS) is 36.0. The minimum Gasteiger partial charge on any atom is -0.465 e. The zero-order valence-corrected chi connectivity index (χ0v) is 5.28. The lowest BCUT2D eigenvalue weighted by Gasteiger charge is -2.09. The van der Waals surface area contributed by atoms with Crippen LogP contribution in [0.15, 0.2) is 0 Å². The van der Waals surface area contributed by atoms with E-state index in [4.69, 9.17) is 5.11 Å². The van der Waals surface area contributed by atoms with Crippen LogP contribution in [0, 0.1) is 5.92 Å². The van der Waals surface area contributed by atoms with Gasteiger partial charge in [-0.15, -0.1) is 0 Å². The number of rotatable bonds is 0. The molecule has 0 spiro atoms. The molecule has 2 amide bonds. The molecule has 1 N–H and O–H groups in total. The monoisotopic (exact) mass is 141 g/mol. The van der Waals surface area contributed by atoms with Gasteiger partial charge in [0.25, 0.3) is 0 Å². The highest BCUT2D eigenvalue weighted by Gasteiger charge is 2.54.